The number of halogens is 1. The topological polar surface area (TPSA) is 70.2 Å². The van der Waals surface area contributed by atoms with E-state index in [0.717, 1.165) is 0 Å². The van der Waals surface area contributed by atoms with E-state index in [2.05, 4.69) is 0 Å². The van der Waals surface area contributed by atoms with Crippen LogP contribution in [0.3, 0.4) is 0 Å². The van der Waals surface area contributed by atoms with E-state index in [1.165, 1.54) is 35.7 Å². The molecule has 160 valence electrons. The quantitative estimate of drug-likeness (QED) is 0.737. The monoisotopic (exact) mass is 433 g/mol. The van der Waals surface area contributed by atoms with Crippen molar-refractivity contribution >= 4 is 21.6 Å². The van der Waals surface area contributed by atoms with Gasteiger partial charge in [-0.3, -0.25) is 9.69 Å². The second kappa shape index (κ2) is 7.64. The number of carbonyl (C=O) groups is 1. The van der Waals surface area contributed by atoms with Crippen molar-refractivity contribution in [1.29, 1.82) is 0 Å². The largest absolute Gasteiger partial charge is 0.497 e. The maximum absolute atomic E-state index is 13.7. The summed E-state index contributed by atoms with van der Waals surface area (Å²) in [7, 11) is -0.313. The Morgan fingerprint density at radius 3 is 2.50 bits per heavy atom. The van der Waals surface area contributed by atoms with Crippen LogP contribution in [-0.2, 0) is 14.8 Å². The third-order valence-corrected chi connectivity index (χ3v) is 7.91. The summed E-state index contributed by atoms with van der Waals surface area (Å²) in [6, 6.07) is 12.2. The first kappa shape index (κ1) is 20.8. The molecule has 1 spiro atoms. The van der Waals surface area contributed by atoms with Crippen molar-refractivity contribution in [3.8, 4) is 5.75 Å². The third kappa shape index (κ3) is 3.57. The van der Waals surface area contributed by atoms with Crippen LogP contribution in [0.2, 0.25) is 0 Å². The molecule has 2 aliphatic heterocycles. The number of hydrogen-bond donors (Lipinski definition) is 0. The molecule has 0 aromatic heterocycles. The second-order valence-corrected chi connectivity index (χ2v) is 9.74. The van der Waals surface area contributed by atoms with Crippen molar-refractivity contribution in [3.63, 3.8) is 0 Å². The predicted molar refractivity (Wildman–Crippen MR) is 110 cm³/mol. The molecule has 0 saturated carbocycles. The summed E-state index contributed by atoms with van der Waals surface area (Å²) in [5, 5.41) is 0. The first-order valence-electron chi connectivity index (χ1n) is 9.67. The van der Waals surface area contributed by atoms with E-state index in [0.29, 0.717) is 30.9 Å². The molecule has 1 atom stereocenters. The average molecular weight is 434 g/mol. The lowest BCUT2D eigenvalue weighted by atomic mass is 9.92. The number of rotatable bonds is 4. The normalized spacial score (nSPS) is 23.3. The van der Waals surface area contributed by atoms with E-state index in [1.54, 1.807) is 29.2 Å². The van der Waals surface area contributed by atoms with E-state index >= 15 is 0 Å². The summed E-state index contributed by atoms with van der Waals surface area (Å²) in [5.74, 6) is 0.0386. The van der Waals surface area contributed by atoms with E-state index in [1.807, 2.05) is 11.9 Å². The molecule has 0 unspecified atom stereocenters. The number of hydrogen-bond acceptors (Lipinski definition) is 5. The molecule has 2 aromatic rings. The number of amides is 1. The van der Waals surface area contributed by atoms with Crippen LogP contribution in [-0.4, -0.2) is 69.4 Å². The van der Waals surface area contributed by atoms with Gasteiger partial charge in [-0.1, -0.05) is 6.07 Å². The zero-order valence-corrected chi connectivity index (χ0v) is 17.7. The molecule has 0 bridgehead atoms. The molecule has 0 aliphatic carbocycles. The molecule has 30 heavy (non-hydrogen) atoms. The maximum Gasteiger partial charge on any atom is 0.243 e. The minimum absolute atomic E-state index is 0.134. The van der Waals surface area contributed by atoms with E-state index in [-0.39, 0.29) is 23.9 Å². The van der Waals surface area contributed by atoms with Gasteiger partial charge >= 0.3 is 0 Å². The maximum atomic E-state index is 13.7. The minimum Gasteiger partial charge on any atom is -0.497 e. The number of piperazine rings is 1. The van der Waals surface area contributed by atoms with Gasteiger partial charge in [-0.2, -0.15) is 4.31 Å². The number of likely N-dealkylation sites (N-methyl/N-ethyl adjacent to an activating group) is 1. The minimum atomic E-state index is -3.68. The Balaban J connectivity index is 1.59. The molecule has 0 N–H and O–H groups in total. The van der Waals surface area contributed by atoms with Gasteiger partial charge < -0.3 is 9.64 Å². The van der Waals surface area contributed by atoms with Crippen LogP contribution in [0.15, 0.2) is 53.4 Å². The highest BCUT2D eigenvalue weighted by molar-refractivity contribution is 7.89. The summed E-state index contributed by atoms with van der Waals surface area (Å²) in [5.41, 5.74) is -0.0383. The number of anilines is 1. The van der Waals surface area contributed by atoms with Crippen LogP contribution >= 0.6 is 0 Å². The third-order valence-electron chi connectivity index (χ3n) is 6.05. The zero-order chi connectivity index (χ0) is 21.5. The molecule has 2 aromatic carbocycles. The summed E-state index contributed by atoms with van der Waals surface area (Å²) in [6.07, 6.45) is 0.581. The first-order valence-corrected chi connectivity index (χ1v) is 11.1. The van der Waals surface area contributed by atoms with Crippen LogP contribution in [0.1, 0.15) is 6.42 Å². The van der Waals surface area contributed by atoms with Crippen molar-refractivity contribution in [2.45, 2.75) is 16.9 Å². The van der Waals surface area contributed by atoms with Gasteiger partial charge in [-0.15, -0.1) is 0 Å². The van der Waals surface area contributed by atoms with Gasteiger partial charge in [0.1, 0.15) is 11.6 Å². The van der Waals surface area contributed by atoms with Crippen LogP contribution in [0.4, 0.5) is 10.1 Å². The number of ether oxygens (including phenoxy) is 1. The van der Waals surface area contributed by atoms with Crippen molar-refractivity contribution < 1.29 is 22.3 Å². The first-order chi connectivity index (χ1) is 14.2. The zero-order valence-electron chi connectivity index (χ0n) is 16.9. The number of methoxy groups -OCH3 is 1. The van der Waals surface area contributed by atoms with Crippen molar-refractivity contribution in [2.24, 2.45) is 0 Å². The number of sulfonamides is 1. The number of benzene rings is 2. The van der Waals surface area contributed by atoms with Gasteiger partial charge in [0.05, 0.1) is 24.1 Å². The van der Waals surface area contributed by atoms with Gasteiger partial charge in [0, 0.05) is 25.3 Å². The highest BCUT2D eigenvalue weighted by atomic mass is 32.2. The summed E-state index contributed by atoms with van der Waals surface area (Å²) in [4.78, 5) is 16.3. The fourth-order valence-electron chi connectivity index (χ4n) is 4.20. The van der Waals surface area contributed by atoms with Gasteiger partial charge in [0.15, 0.2) is 0 Å². The molecule has 9 heteroatoms. The molecule has 7 nitrogen and oxygen atoms in total. The molecule has 1 amide bonds. The SMILES string of the molecule is COc1ccc(S(=O)(=O)N2CC[C@@]3(CN(c4cccc(F)c4)C(=O)CN3C)C2)cc1. The molecule has 2 saturated heterocycles. The molecule has 2 aliphatic rings. The van der Waals surface area contributed by atoms with Crippen LogP contribution < -0.4 is 9.64 Å². The Bertz CT molecular complexity index is 1060. The summed E-state index contributed by atoms with van der Waals surface area (Å²) < 4.78 is 46.6. The van der Waals surface area contributed by atoms with Crippen LogP contribution in [0.25, 0.3) is 0 Å². The smallest absolute Gasteiger partial charge is 0.243 e. The standard InChI is InChI=1S/C21H24FN3O4S/c1-23-13-20(26)25(17-5-3-4-16(22)12-17)15-21(23)10-11-24(14-21)30(27,28)19-8-6-18(29-2)7-9-19/h3-9,12H,10-11,13-15H2,1-2H3/t21-/m0/s1. The van der Waals surface area contributed by atoms with Crippen LogP contribution in [0.5, 0.6) is 5.75 Å². The molecular weight excluding hydrogens is 409 g/mol. The summed E-state index contributed by atoms with van der Waals surface area (Å²) >= 11 is 0. The lowest BCUT2D eigenvalue weighted by Crippen LogP contribution is -2.64. The molecular formula is C21H24FN3O4S. The lowest BCUT2D eigenvalue weighted by molar-refractivity contribution is -0.123. The van der Waals surface area contributed by atoms with Crippen LogP contribution in [0, 0.1) is 5.82 Å². The Hall–Kier alpha value is -2.49. The van der Waals surface area contributed by atoms with Crippen molar-refractivity contribution in [2.75, 3.05) is 45.2 Å². The van der Waals surface area contributed by atoms with E-state index in [4.69, 9.17) is 4.74 Å². The van der Waals surface area contributed by atoms with Crippen molar-refractivity contribution in [1.82, 2.24) is 9.21 Å². The Labute approximate surface area is 175 Å². The van der Waals surface area contributed by atoms with Gasteiger partial charge in [-0.25, -0.2) is 12.8 Å². The van der Waals surface area contributed by atoms with E-state index < -0.39 is 21.4 Å². The van der Waals surface area contributed by atoms with Gasteiger partial charge in [0.25, 0.3) is 0 Å². The second-order valence-electron chi connectivity index (χ2n) is 7.80. The number of carbonyl (C=O) groups excluding carboxylic acids is 1. The van der Waals surface area contributed by atoms with Gasteiger partial charge in [0.2, 0.25) is 15.9 Å². The molecule has 2 heterocycles. The molecule has 0 radical (unpaired) electrons. The molecule has 2 fully saturated rings. The fraction of sp³-hybridized carbons (Fsp3) is 0.381. The highest BCUT2D eigenvalue weighted by Crippen LogP contribution is 2.36. The Morgan fingerprint density at radius 2 is 1.83 bits per heavy atom. The summed E-state index contributed by atoms with van der Waals surface area (Å²) in [6.45, 7) is 1.06. The predicted octanol–water partition coefficient (Wildman–Crippen LogP) is 1.95. The van der Waals surface area contributed by atoms with E-state index in [9.17, 15) is 17.6 Å². The molecule has 4 rings (SSSR count). The van der Waals surface area contributed by atoms with Gasteiger partial charge in [-0.05, 0) is 55.9 Å². The average Bonchev–Trinajstić information content (AvgIpc) is 3.17. The Kier molecular flexibility index (Phi) is 5.29. The number of nitrogens with zero attached hydrogens (tertiary/aromatic N) is 3. The van der Waals surface area contributed by atoms with Crippen molar-refractivity contribution in [3.05, 3.63) is 54.3 Å². The highest BCUT2D eigenvalue weighted by Gasteiger charge is 2.50. The fourth-order valence-corrected chi connectivity index (χ4v) is 5.72. The lowest BCUT2D eigenvalue weighted by Gasteiger charge is -2.46. The Morgan fingerprint density at radius 1 is 1.10 bits per heavy atom.